The van der Waals surface area contributed by atoms with Gasteiger partial charge in [-0.05, 0) is 38.0 Å². The fourth-order valence-electron chi connectivity index (χ4n) is 2.43. The van der Waals surface area contributed by atoms with Crippen molar-refractivity contribution in [1.82, 2.24) is 0 Å². The molecule has 0 saturated carbocycles. The second-order valence-corrected chi connectivity index (χ2v) is 5.13. The van der Waals surface area contributed by atoms with Crippen LogP contribution in [0.1, 0.15) is 64.5 Å². The molecule has 0 aliphatic carbocycles. The highest BCUT2D eigenvalue weighted by atomic mass is 16.3. The number of anilines is 1. The van der Waals surface area contributed by atoms with Crippen LogP contribution in [0.5, 0.6) is 0 Å². The summed E-state index contributed by atoms with van der Waals surface area (Å²) in [5.41, 5.74) is 2.29. The molecule has 1 N–H and O–H groups in total. The van der Waals surface area contributed by atoms with Gasteiger partial charge in [0.25, 0.3) is 0 Å². The lowest BCUT2D eigenvalue weighted by Crippen LogP contribution is -2.21. The quantitative estimate of drug-likeness (QED) is 0.661. The van der Waals surface area contributed by atoms with Crippen molar-refractivity contribution >= 4 is 5.69 Å². The molecule has 0 spiro atoms. The Morgan fingerprint density at radius 3 is 2.11 bits per heavy atom. The molecule has 0 aliphatic rings. The van der Waals surface area contributed by atoms with Gasteiger partial charge in [-0.3, -0.25) is 0 Å². The van der Waals surface area contributed by atoms with Gasteiger partial charge in [-0.25, -0.2) is 0 Å². The Labute approximate surface area is 118 Å². The van der Waals surface area contributed by atoms with E-state index in [-0.39, 0.29) is 6.10 Å². The molecule has 0 aromatic heterocycles. The Bertz CT molecular complexity index is 330. The summed E-state index contributed by atoms with van der Waals surface area (Å²) in [5.74, 6) is 0. The summed E-state index contributed by atoms with van der Waals surface area (Å²) in [4.78, 5) is 2.32. The van der Waals surface area contributed by atoms with Crippen LogP contribution in [0.2, 0.25) is 0 Å². The maximum Gasteiger partial charge on any atom is 0.0790 e. The molecule has 0 bridgehead atoms. The summed E-state index contributed by atoms with van der Waals surface area (Å²) in [5, 5.41) is 10.2. The average molecular weight is 263 g/mol. The summed E-state index contributed by atoms with van der Waals surface area (Å²) < 4.78 is 0. The van der Waals surface area contributed by atoms with Crippen molar-refractivity contribution in [1.29, 1.82) is 0 Å². The minimum atomic E-state index is -0.303. The van der Waals surface area contributed by atoms with E-state index >= 15 is 0 Å². The first-order chi connectivity index (χ1) is 9.22. The van der Waals surface area contributed by atoms with Crippen LogP contribution < -0.4 is 4.90 Å². The summed E-state index contributed by atoms with van der Waals surface area (Å²) >= 11 is 0. The van der Waals surface area contributed by atoms with Gasteiger partial charge < -0.3 is 10.0 Å². The van der Waals surface area contributed by atoms with Gasteiger partial charge in [0.05, 0.1) is 6.10 Å². The number of nitrogens with zero attached hydrogens (tertiary/aromatic N) is 1. The van der Waals surface area contributed by atoms with E-state index in [2.05, 4.69) is 49.9 Å². The van der Waals surface area contributed by atoms with Gasteiger partial charge in [0.1, 0.15) is 0 Å². The molecule has 1 atom stereocenters. The van der Waals surface area contributed by atoms with Gasteiger partial charge in [0, 0.05) is 18.8 Å². The van der Waals surface area contributed by atoms with Gasteiger partial charge in [0.15, 0.2) is 0 Å². The predicted octanol–water partition coefficient (Wildman–Crippen LogP) is 4.54. The summed E-state index contributed by atoms with van der Waals surface area (Å²) in [6.07, 6.45) is 5.44. The molecule has 0 aliphatic heterocycles. The van der Waals surface area contributed by atoms with E-state index in [9.17, 15) is 5.11 Å². The van der Waals surface area contributed by atoms with Crippen LogP contribution in [-0.2, 0) is 0 Å². The molecule has 1 aromatic rings. The molecule has 2 nitrogen and oxygen atoms in total. The van der Waals surface area contributed by atoms with Crippen LogP contribution in [0, 0.1) is 0 Å². The number of aliphatic hydroxyl groups excluding tert-OH is 1. The molecule has 0 saturated heterocycles. The molecule has 0 radical (unpaired) electrons. The first-order valence-corrected chi connectivity index (χ1v) is 7.75. The van der Waals surface area contributed by atoms with Crippen molar-refractivity contribution in [2.24, 2.45) is 0 Å². The van der Waals surface area contributed by atoms with Crippen molar-refractivity contribution in [3.8, 4) is 0 Å². The molecule has 1 rings (SSSR count). The third kappa shape index (κ3) is 5.23. The monoisotopic (exact) mass is 263 g/mol. The number of unbranched alkanes of at least 4 members (excludes halogenated alkanes) is 3. The van der Waals surface area contributed by atoms with Crippen molar-refractivity contribution in [3.63, 3.8) is 0 Å². The highest BCUT2D eigenvalue weighted by Crippen LogP contribution is 2.23. The zero-order valence-electron chi connectivity index (χ0n) is 12.7. The zero-order valence-corrected chi connectivity index (χ0v) is 12.7. The highest BCUT2D eigenvalue weighted by Gasteiger charge is 2.08. The van der Waals surface area contributed by atoms with E-state index in [4.69, 9.17) is 0 Å². The van der Waals surface area contributed by atoms with E-state index in [0.717, 1.165) is 31.5 Å². The van der Waals surface area contributed by atoms with Crippen molar-refractivity contribution in [3.05, 3.63) is 29.8 Å². The Hall–Kier alpha value is -1.02. The molecule has 108 valence electrons. The molecule has 2 heteroatoms. The molecule has 1 unspecified atom stereocenters. The van der Waals surface area contributed by atoms with Crippen LogP contribution in [0.3, 0.4) is 0 Å². The van der Waals surface area contributed by atoms with Crippen LogP contribution in [-0.4, -0.2) is 18.2 Å². The SMILES string of the molecule is CCCCCCC(O)c1ccc(N(CC)CC)cc1. The number of hydrogen-bond acceptors (Lipinski definition) is 2. The number of hydrogen-bond donors (Lipinski definition) is 1. The van der Waals surface area contributed by atoms with E-state index in [1.807, 2.05) is 0 Å². The van der Waals surface area contributed by atoms with Crippen LogP contribution in [0.4, 0.5) is 5.69 Å². The highest BCUT2D eigenvalue weighted by molar-refractivity contribution is 5.47. The largest absolute Gasteiger partial charge is 0.388 e. The second-order valence-electron chi connectivity index (χ2n) is 5.13. The molecule has 0 fully saturated rings. The average Bonchev–Trinajstić information content (AvgIpc) is 2.45. The van der Waals surface area contributed by atoms with Gasteiger partial charge in [-0.1, -0.05) is 44.7 Å². The molecular weight excluding hydrogens is 234 g/mol. The first kappa shape index (κ1) is 16.0. The lowest BCUT2D eigenvalue weighted by molar-refractivity contribution is 0.163. The maximum atomic E-state index is 10.2. The molecular formula is C17H29NO. The van der Waals surface area contributed by atoms with Crippen LogP contribution in [0.25, 0.3) is 0 Å². The van der Waals surface area contributed by atoms with Crippen molar-refractivity contribution in [2.75, 3.05) is 18.0 Å². The molecule has 0 heterocycles. The van der Waals surface area contributed by atoms with Gasteiger partial charge >= 0.3 is 0 Å². The van der Waals surface area contributed by atoms with Crippen molar-refractivity contribution < 1.29 is 5.11 Å². The summed E-state index contributed by atoms with van der Waals surface area (Å²) in [6.45, 7) is 8.59. The maximum absolute atomic E-state index is 10.2. The zero-order chi connectivity index (χ0) is 14.1. The standard InChI is InChI=1S/C17H29NO/c1-4-7-8-9-10-17(19)15-11-13-16(14-12-15)18(5-2)6-3/h11-14,17,19H,4-10H2,1-3H3. The number of benzene rings is 1. The normalized spacial score (nSPS) is 12.4. The van der Waals surface area contributed by atoms with Crippen LogP contribution in [0.15, 0.2) is 24.3 Å². The smallest absolute Gasteiger partial charge is 0.0790 e. The van der Waals surface area contributed by atoms with Gasteiger partial charge in [-0.2, -0.15) is 0 Å². The molecule has 0 amide bonds. The summed E-state index contributed by atoms with van der Waals surface area (Å²) in [6, 6.07) is 8.38. The molecule has 1 aromatic carbocycles. The minimum absolute atomic E-state index is 0.303. The Morgan fingerprint density at radius 2 is 1.58 bits per heavy atom. The third-order valence-corrected chi connectivity index (χ3v) is 3.74. The van der Waals surface area contributed by atoms with E-state index in [1.54, 1.807) is 0 Å². The van der Waals surface area contributed by atoms with Gasteiger partial charge in [-0.15, -0.1) is 0 Å². The lowest BCUT2D eigenvalue weighted by atomic mass is 10.0. The fourth-order valence-corrected chi connectivity index (χ4v) is 2.43. The van der Waals surface area contributed by atoms with Crippen LogP contribution >= 0.6 is 0 Å². The topological polar surface area (TPSA) is 23.5 Å². The third-order valence-electron chi connectivity index (χ3n) is 3.74. The summed E-state index contributed by atoms with van der Waals surface area (Å²) in [7, 11) is 0. The molecule has 19 heavy (non-hydrogen) atoms. The predicted molar refractivity (Wildman–Crippen MR) is 83.7 cm³/mol. The fraction of sp³-hybridized carbons (Fsp3) is 0.647. The van der Waals surface area contributed by atoms with E-state index in [0.29, 0.717) is 0 Å². The Kier molecular flexibility index (Phi) is 7.57. The number of aliphatic hydroxyl groups is 1. The van der Waals surface area contributed by atoms with Gasteiger partial charge in [0.2, 0.25) is 0 Å². The van der Waals surface area contributed by atoms with E-state index in [1.165, 1.54) is 24.9 Å². The van der Waals surface area contributed by atoms with E-state index < -0.39 is 0 Å². The first-order valence-electron chi connectivity index (χ1n) is 7.75. The second kappa shape index (κ2) is 8.98. The minimum Gasteiger partial charge on any atom is -0.388 e. The lowest BCUT2D eigenvalue weighted by Gasteiger charge is -2.21. The Balaban J connectivity index is 2.50. The number of rotatable bonds is 9. The Morgan fingerprint density at radius 1 is 0.947 bits per heavy atom. The van der Waals surface area contributed by atoms with Crippen molar-refractivity contribution in [2.45, 2.75) is 59.0 Å².